The van der Waals surface area contributed by atoms with E-state index in [0.717, 1.165) is 18.8 Å². The maximum Gasteiger partial charge on any atom is 0.224 e. The molecule has 3 heterocycles. The molecular weight excluding hydrogens is 308 g/mol. The molecule has 0 bridgehead atoms. The van der Waals surface area contributed by atoms with E-state index in [1.54, 1.807) is 23.3 Å². The SMILES string of the molecule is CC(C)CC(=O)Nc1cnn(-c2ncncc2N2CCOCC2)c1. The number of ether oxygens (including phenoxy) is 1. The summed E-state index contributed by atoms with van der Waals surface area (Å²) in [6.45, 7) is 6.98. The summed E-state index contributed by atoms with van der Waals surface area (Å²) >= 11 is 0. The molecule has 0 atom stereocenters. The van der Waals surface area contributed by atoms with Crippen molar-refractivity contribution in [1.82, 2.24) is 19.7 Å². The first-order chi connectivity index (χ1) is 11.6. The minimum atomic E-state index is -0.0133. The standard InChI is InChI=1S/C16H22N6O2/c1-12(2)7-15(23)20-13-8-19-22(10-13)16-14(9-17-11-18-16)21-3-5-24-6-4-21/h8-12H,3-7H2,1-2H3,(H,20,23). The molecule has 2 aromatic rings. The molecule has 2 aromatic heterocycles. The van der Waals surface area contributed by atoms with Crippen LogP contribution in [0.2, 0.25) is 0 Å². The van der Waals surface area contributed by atoms with E-state index in [2.05, 4.69) is 25.3 Å². The zero-order valence-electron chi connectivity index (χ0n) is 14.0. The van der Waals surface area contributed by atoms with Crippen LogP contribution in [0.4, 0.5) is 11.4 Å². The number of nitrogens with zero attached hydrogens (tertiary/aromatic N) is 5. The molecule has 3 rings (SSSR count). The molecule has 0 unspecified atom stereocenters. The number of rotatable bonds is 5. The van der Waals surface area contributed by atoms with Gasteiger partial charge in [-0.05, 0) is 5.92 Å². The van der Waals surface area contributed by atoms with E-state index in [0.29, 0.717) is 37.1 Å². The zero-order valence-corrected chi connectivity index (χ0v) is 14.0. The third kappa shape index (κ3) is 3.88. The smallest absolute Gasteiger partial charge is 0.224 e. The minimum absolute atomic E-state index is 0.0133. The van der Waals surface area contributed by atoms with Crippen LogP contribution in [0.5, 0.6) is 0 Å². The van der Waals surface area contributed by atoms with Gasteiger partial charge in [0, 0.05) is 19.5 Å². The number of amides is 1. The molecule has 1 fully saturated rings. The highest BCUT2D eigenvalue weighted by molar-refractivity contribution is 5.90. The van der Waals surface area contributed by atoms with Crippen LogP contribution in [0, 0.1) is 5.92 Å². The third-order valence-electron chi connectivity index (χ3n) is 3.70. The lowest BCUT2D eigenvalue weighted by Gasteiger charge is -2.29. The van der Waals surface area contributed by atoms with E-state index in [1.807, 2.05) is 13.8 Å². The highest BCUT2D eigenvalue weighted by Crippen LogP contribution is 2.22. The fourth-order valence-electron chi connectivity index (χ4n) is 2.61. The normalized spacial score (nSPS) is 14.9. The van der Waals surface area contributed by atoms with Crippen LogP contribution in [-0.2, 0) is 9.53 Å². The Kier molecular flexibility index (Phi) is 5.05. The number of carbonyl (C=O) groups is 1. The second-order valence-electron chi connectivity index (χ2n) is 6.15. The van der Waals surface area contributed by atoms with Crippen molar-refractivity contribution in [2.45, 2.75) is 20.3 Å². The molecule has 1 saturated heterocycles. The van der Waals surface area contributed by atoms with E-state index in [1.165, 1.54) is 6.33 Å². The van der Waals surface area contributed by atoms with Crippen LogP contribution >= 0.6 is 0 Å². The molecule has 1 aliphatic rings. The number of hydrogen-bond donors (Lipinski definition) is 1. The van der Waals surface area contributed by atoms with Gasteiger partial charge in [-0.2, -0.15) is 5.10 Å². The number of carbonyl (C=O) groups excluding carboxylic acids is 1. The monoisotopic (exact) mass is 330 g/mol. The van der Waals surface area contributed by atoms with E-state index in [4.69, 9.17) is 4.74 Å². The van der Waals surface area contributed by atoms with Gasteiger partial charge in [0.05, 0.1) is 37.5 Å². The van der Waals surface area contributed by atoms with Gasteiger partial charge in [-0.3, -0.25) is 4.79 Å². The van der Waals surface area contributed by atoms with Crippen molar-refractivity contribution >= 4 is 17.3 Å². The predicted molar refractivity (Wildman–Crippen MR) is 90.3 cm³/mol. The van der Waals surface area contributed by atoms with Crippen LogP contribution in [-0.4, -0.2) is 52.0 Å². The first-order valence-electron chi connectivity index (χ1n) is 8.11. The van der Waals surface area contributed by atoms with Gasteiger partial charge in [0.2, 0.25) is 5.91 Å². The molecular formula is C16H22N6O2. The van der Waals surface area contributed by atoms with Crippen molar-refractivity contribution in [3.63, 3.8) is 0 Å². The molecule has 0 radical (unpaired) electrons. The molecule has 8 nitrogen and oxygen atoms in total. The molecule has 1 amide bonds. The molecule has 0 saturated carbocycles. The maximum atomic E-state index is 11.9. The Morgan fingerprint density at radius 2 is 2.12 bits per heavy atom. The average Bonchev–Trinajstić information content (AvgIpc) is 3.03. The van der Waals surface area contributed by atoms with Gasteiger partial charge in [0.1, 0.15) is 12.0 Å². The number of nitrogens with one attached hydrogen (secondary N) is 1. The third-order valence-corrected chi connectivity index (χ3v) is 3.70. The summed E-state index contributed by atoms with van der Waals surface area (Å²) in [7, 11) is 0. The van der Waals surface area contributed by atoms with Crippen LogP contribution in [0.3, 0.4) is 0 Å². The molecule has 128 valence electrons. The Morgan fingerprint density at radius 1 is 1.33 bits per heavy atom. The lowest BCUT2D eigenvalue weighted by molar-refractivity contribution is -0.116. The van der Waals surface area contributed by atoms with Crippen LogP contribution in [0.15, 0.2) is 24.9 Å². The van der Waals surface area contributed by atoms with E-state index in [-0.39, 0.29) is 5.91 Å². The number of hydrogen-bond acceptors (Lipinski definition) is 6. The van der Waals surface area contributed by atoms with Gasteiger partial charge in [0.25, 0.3) is 0 Å². The second kappa shape index (κ2) is 7.39. The Bertz CT molecular complexity index is 693. The Morgan fingerprint density at radius 3 is 2.88 bits per heavy atom. The molecule has 24 heavy (non-hydrogen) atoms. The van der Waals surface area contributed by atoms with Crippen molar-refractivity contribution in [1.29, 1.82) is 0 Å². The summed E-state index contributed by atoms with van der Waals surface area (Å²) in [6.07, 6.45) is 7.16. The summed E-state index contributed by atoms with van der Waals surface area (Å²) in [4.78, 5) is 22.6. The Balaban J connectivity index is 1.79. The summed E-state index contributed by atoms with van der Waals surface area (Å²) in [5.74, 6) is 0.992. The topological polar surface area (TPSA) is 85.2 Å². The summed E-state index contributed by atoms with van der Waals surface area (Å²) < 4.78 is 7.06. The van der Waals surface area contributed by atoms with Gasteiger partial charge >= 0.3 is 0 Å². The average molecular weight is 330 g/mol. The highest BCUT2D eigenvalue weighted by Gasteiger charge is 2.18. The van der Waals surface area contributed by atoms with Crippen molar-refractivity contribution in [3.05, 3.63) is 24.9 Å². The van der Waals surface area contributed by atoms with E-state index < -0.39 is 0 Å². The van der Waals surface area contributed by atoms with Crippen molar-refractivity contribution < 1.29 is 9.53 Å². The van der Waals surface area contributed by atoms with E-state index >= 15 is 0 Å². The highest BCUT2D eigenvalue weighted by atomic mass is 16.5. The van der Waals surface area contributed by atoms with Crippen LogP contribution < -0.4 is 10.2 Å². The van der Waals surface area contributed by atoms with Gasteiger partial charge in [-0.15, -0.1) is 0 Å². The largest absolute Gasteiger partial charge is 0.378 e. The minimum Gasteiger partial charge on any atom is -0.378 e. The van der Waals surface area contributed by atoms with E-state index in [9.17, 15) is 4.79 Å². The number of morpholine rings is 1. The van der Waals surface area contributed by atoms with Gasteiger partial charge in [-0.1, -0.05) is 13.8 Å². The second-order valence-corrected chi connectivity index (χ2v) is 6.15. The molecule has 8 heteroatoms. The first-order valence-corrected chi connectivity index (χ1v) is 8.11. The zero-order chi connectivity index (χ0) is 16.9. The van der Waals surface area contributed by atoms with Crippen molar-refractivity contribution in [3.8, 4) is 5.82 Å². The van der Waals surface area contributed by atoms with Crippen molar-refractivity contribution in [2.24, 2.45) is 5.92 Å². The summed E-state index contributed by atoms with van der Waals surface area (Å²) in [5.41, 5.74) is 1.57. The lowest BCUT2D eigenvalue weighted by Crippen LogP contribution is -2.37. The van der Waals surface area contributed by atoms with Crippen LogP contribution in [0.1, 0.15) is 20.3 Å². The molecule has 1 aliphatic heterocycles. The molecule has 1 N–H and O–H groups in total. The lowest BCUT2D eigenvalue weighted by atomic mass is 10.1. The maximum absolute atomic E-state index is 11.9. The van der Waals surface area contributed by atoms with Crippen molar-refractivity contribution in [2.75, 3.05) is 36.5 Å². The Labute approximate surface area is 140 Å². The molecule has 0 aromatic carbocycles. The number of aromatic nitrogens is 4. The fraction of sp³-hybridized carbons (Fsp3) is 0.500. The Hall–Kier alpha value is -2.48. The van der Waals surface area contributed by atoms with Crippen LogP contribution in [0.25, 0.3) is 5.82 Å². The molecule has 0 spiro atoms. The fourth-order valence-corrected chi connectivity index (χ4v) is 2.61. The van der Waals surface area contributed by atoms with Gasteiger partial charge in [0.15, 0.2) is 5.82 Å². The number of anilines is 2. The van der Waals surface area contributed by atoms with Gasteiger partial charge < -0.3 is 15.0 Å². The molecule has 0 aliphatic carbocycles. The predicted octanol–water partition coefficient (Wildman–Crippen LogP) is 1.48. The summed E-state index contributed by atoms with van der Waals surface area (Å²) in [6, 6.07) is 0. The van der Waals surface area contributed by atoms with Gasteiger partial charge in [-0.25, -0.2) is 14.6 Å². The quantitative estimate of drug-likeness (QED) is 0.894. The summed E-state index contributed by atoms with van der Waals surface area (Å²) in [5, 5.41) is 7.19. The first kappa shape index (κ1) is 16.4.